The number of carbonyl (C=O) groups excluding carboxylic acids is 3. The number of anilines is 1. The van der Waals surface area contributed by atoms with Crippen molar-refractivity contribution in [1.29, 1.82) is 0 Å². The summed E-state index contributed by atoms with van der Waals surface area (Å²) in [7, 11) is 0. The zero-order chi connectivity index (χ0) is 22.4. The van der Waals surface area contributed by atoms with Gasteiger partial charge in [-0.3, -0.25) is 14.4 Å². The van der Waals surface area contributed by atoms with E-state index in [9.17, 15) is 18.8 Å². The van der Waals surface area contributed by atoms with Crippen molar-refractivity contribution in [1.82, 2.24) is 9.80 Å². The van der Waals surface area contributed by atoms with E-state index in [4.69, 9.17) is 11.6 Å². The first kappa shape index (κ1) is 23.1. The third-order valence-corrected chi connectivity index (χ3v) is 6.11. The molecule has 1 aliphatic rings. The minimum Gasteiger partial charge on any atom is -0.338 e. The lowest BCUT2D eigenvalue weighted by Crippen LogP contribution is -2.51. The lowest BCUT2D eigenvalue weighted by molar-refractivity contribution is -0.129. The maximum atomic E-state index is 13.2. The molecule has 1 aliphatic heterocycles. The molecule has 1 saturated heterocycles. The van der Waals surface area contributed by atoms with Crippen LogP contribution in [0.2, 0.25) is 5.02 Å². The Morgan fingerprint density at radius 1 is 1.00 bits per heavy atom. The number of thioether (sulfide) groups is 1. The van der Waals surface area contributed by atoms with Crippen molar-refractivity contribution in [3.8, 4) is 0 Å². The molecule has 164 valence electrons. The van der Waals surface area contributed by atoms with Gasteiger partial charge in [-0.2, -0.15) is 0 Å². The molecule has 1 heterocycles. The van der Waals surface area contributed by atoms with Crippen LogP contribution in [0.4, 0.5) is 10.1 Å². The Morgan fingerprint density at radius 3 is 2.29 bits per heavy atom. The number of hydrogen-bond acceptors (Lipinski definition) is 4. The van der Waals surface area contributed by atoms with E-state index in [2.05, 4.69) is 5.32 Å². The molecule has 9 heteroatoms. The molecule has 2 aromatic carbocycles. The van der Waals surface area contributed by atoms with Gasteiger partial charge in [-0.1, -0.05) is 29.3 Å². The summed E-state index contributed by atoms with van der Waals surface area (Å²) in [6.45, 7) is 3.52. The van der Waals surface area contributed by atoms with Crippen LogP contribution in [0, 0.1) is 12.7 Å². The topological polar surface area (TPSA) is 69.7 Å². The van der Waals surface area contributed by atoms with Gasteiger partial charge in [0.05, 0.1) is 22.1 Å². The van der Waals surface area contributed by atoms with E-state index >= 15 is 0 Å². The average molecular weight is 464 g/mol. The summed E-state index contributed by atoms with van der Waals surface area (Å²) in [5, 5.41) is 2.87. The first-order valence-corrected chi connectivity index (χ1v) is 11.3. The van der Waals surface area contributed by atoms with E-state index in [0.29, 0.717) is 26.2 Å². The molecule has 0 atom stereocenters. The molecule has 0 aromatic heterocycles. The van der Waals surface area contributed by atoms with E-state index in [1.165, 1.54) is 23.9 Å². The molecule has 0 aliphatic carbocycles. The molecular formula is C22H23ClFN3O3S. The van der Waals surface area contributed by atoms with Gasteiger partial charge in [0.2, 0.25) is 11.8 Å². The lowest BCUT2D eigenvalue weighted by atomic mass is 10.1. The highest BCUT2D eigenvalue weighted by atomic mass is 35.5. The second kappa shape index (κ2) is 10.6. The molecule has 2 aromatic rings. The van der Waals surface area contributed by atoms with Crippen LogP contribution in [-0.2, 0) is 9.59 Å². The second-order valence-electron chi connectivity index (χ2n) is 7.20. The van der Waals surface area contributed by atoms with Crippen molar-refractivity contribution < 1.29 is 18.8 Å². The standard InChI is InChI=1S/C22H23ClFN3O3S/c1-15-2-5-17(6-3-15)25-20(28)13-31-14-21(29)26-8-10-27(11-9-26)22(30)18-7-4-16(24)12-19(18)23/h2-7,12H,8-11,13-14H2,1H3,(H,25,28). The fraction of sp³-hybridized carbons (Fsp3) is 0.318. The van der Waals surface area contributed by atoms with Crippen LogP contribution in [0.1, 0.15) is 15.9 Å². The van der Waals surface area contributed by atoms with Crippen molar-refractivity contribution in [2.45, 2.75) is 6.92 Å². The minimum atomic E-state index is -0.498. The lowest BCUT2D eigenvalue weighted by Gasteiger charge is -2.35. The average Bonchev–Trinajstić information content (AvgIpc) is 2.75. The number of carbonyl (C=O) groups is 3. The first-order valence-electron chi connectivity index (χ1n) is 9.80. The Labute approximate surface area is 189 Å². The van der Waals surface area contributed by atoms with Crippen molar-refractivity contribution in [3.05, 3.63) is 64.4 Å². The van der Waals surface area contributed by atoms with Crippen LogP contribution in [0.3, 0.4) is 0 Å². The van der Waals surface area contributed by atoms with Crippen molar-refractivity contribution in [2.24, 2.45) is 0 Å². The van der Waals surface area contributed by atoms with E-state index in [1.807, 2.05) is 31.2 Å². The number of nitrogens with one attached hydrogen (secondary N) is 1. The highest BCUT2D eigenvalue weighted by molar-refractivity contribution is 8.00. The molecule has 0 spiro atoms. The fourth-order valence-corrected chi connectivity index (χ4v) is 4.11. The van der Waals surface area contributed by atoms with Gasteiger partial charge in [-0.25, -0.2) is 4.39 Å². The van der Waals surface area contributed by atoms with Crippen LogP contribution in [-0.4, -0.2) is 65.2 Å². The molecule has 1 N–H and O–H groups in total. The molecule has 0 radical (unpaired) electrons. The number of aryl methyl sites for hydroxylation is 1. The third kappa shape index (κ3) is 6.45. The molecule has 0 unspecified atom stereocenters. The van der Waals surface area contributed by atoms with Crippen LogP contribution < -0.4 is 5.32 Å². The molecule has 3 amide bonds. The van der Waals surface area contributed by atoms with Crippen LogP contribution >= 0.6 is 23.4 Å². The smallest absolute Gasteiger partial charge is 0.255 e. The summed E-state index contributed by atoms with van der Waals surface area (Å²) < 4.78 is 13.2. The Bertz CT molecular complexity index is 963. The maximum absolute atomic E-state index is 13.2. The van der Waals surface area contributed by atoms with Gasteiger partial charge in [0.25, 0.3) is 5.91 Å². The van der Waals surface area contributed by atoms with Gasteiger partial charge >= 0.3 is 0 Å². The Morgan fingerprint density at radius 2 is 1.65 bits per heavy atom. The molecule has 3 rings (SSSR count). The number of amides is 3. The minimum absolute atomic E-state index is 0.0694. The maximum Gasteiger partial charge on any atom is 0.255 e. The highest BCUT2D eigenvalue weighted by Gasteiger charge is 2.26. The number of benzene rings is 2. The van der Waals surface area contributed by atoms with Gasteiger partial charge in [0, 0.05) is 31.9 Å². The fourth-order valence-electron chi connectivity index (χ4n) is 3.15. The summed E-state index contributed by atoms with van der Waals surface area (Å²) in [5.74, 6) is -0.630. The van der Waals surface area contributed by atoms with E-state index in [-0.39, 0.29) is 39.8 Å². The summed E-state index contributed by atoms with van der Waals surface area (Å²) in [6, 6.07) is 11.2. The second-order valence-corrected chi connectivity index (χ2v) is 8.60. The van der Waals surface area contributed by atoms with Crippen molar-refractivity contribution in [3.63, 3.8) is 0 Å². The summed E-state index contributed by atoms with van der Waals surface area (Å²) >= 11 is 7.23. The normalized spacial score (nSPS) is 13.8. The van der Waals surface area contributed by atoms with Gasteiger partial charge < -0.3 is 15.1 Å². The highest BCUT2D eigenvalue weighted by Crippen LogP contribution is 2.20. The van der Waals surface area contributed by atoms with E-state index in [0.717, 1.165) is 17.3 Å². The SMILES string of the molecule is Cc1ccc(NC(=O)CSCC(=O)N2CCN(C(=O)c3ccc(F)cc3Cl)CC2)cc1. The first-order chi connectivity index (χ1) is 14.8. The van der Waals surface area contributed by atoms with E-state index in [1.54, 1.807) is 9.80 Å². The van der Waals surface area contributed by atoms with Gasteiger partial charge in [-0.15, -0.1) is 11.8 Å². The van der Waals surface area contributed by atoms with Gasteiger partial charge in [0.1, 0.15) is 5.82 Å². The van der Waals surface area contributed by atoms with Crippen LogP contribution in [0.15, 0.2) is 42.5 Å². The van der Waals surface area contributed by atoms with Crippen molar-refractivity contribution >= 4 is 46.8 Å². The molecular weight excluding hydrogens is 441 g/mol. The Kier molecular flexibility index (Phi) is 7.92. The predicted octanol–water partition coefficient (Wildman–Crippen LogP) is 3.44. The molecule has 6 nitrogen and oxygen atoms in total. The monoisotopic (exact) mass is 463 g/mol. The third-order valence-electron chi connectivity index (χ3n) is 4.88. The largest absolute Gasteiger partial charge is 0.338 e. The number of nitrogens with zero attached hydrogens (tertiary/aromatic N) is 2. The molecule has 31 heavy (non-hydrogen) atoms. The molecule has 1 fully saturated rings. The summed E-state index contributed by atoms with van der Waals surface area (Å²) in [6.07, 6.45) is 0. The van der Waals surface area contributed by atoms with Crippen LogP contribution in [0.25, 0.3) is 0 Å². The van der Waals surface area contributed by atoms with Gasteiger partial charge in [-0.05, 0) is 37.3 Å². The van der Waals surface area contributed by atoms with Crippen molar-refractivity contribution in [2.75, 3.05) is 43.0 Å². The number of piperazine rings is 1. The summed E-state index contributed by atoms with van der Waals surface area (Å²) in [5.41, 5.74) is 2.09. The van der Waals surface area contributed by atoms with Gasteiger partial charge in [0.15, 0.2) is 0 Å². The zero-order valence-electron chi connectivity index (χ0n) is 17.1. The number of halogens is 2. The molecule has 0 saturated carbocycles. The Hall–Kier alpha value is -2.58. The number of hydrogen-bond donors (Lipinski definition) is 1. The number of rotatable bonds is 6. The predicted molar refractivity (Wildman–Crippen MR) is 121 cm³/mol. The van der Waals surface area contributed by atoms with Crippen LogP contribution in [0.5, 0.6) is 0 Å². The summed E-state index contributed by atoms with van der Waals surface area (Å²) in [4.78, 5) is 40.3. The zero-order valence-corrected chi connectivity index (χ0v) is 18.6. The quantitative estimate of drug-likeness (QED) is 0.712. The Balaban J connectivity index is 1.40. The van der Waals surface area contributed by atoms with E-state index < -0.39 is 5.82 Å². The molecule has 0 bridgehead atoms.